The normalized spacial score (nSPS) is 11.6. The third kappa shape index (κ3) is 4.96. The first kappa shape index (κ1) is 24.2. The molecule has 0 atom stereocenters. The Labute approximate surface area is 204 Å². The summed E-state index contributed by atoms with van der Waals surface area (Å²) in [7, 11) is -9.25. The summed E-state index contributed by atoms with van der Waals surface area (Å²) in [5.41, 5.74) is 1.16. The number of nitrogens with one attached hydrogen (secondary N) is 1. The predicted octanol–water partition coefficient (Wildman–Crippen LogP) is 4.90. The van der Waals surface area contributed by atoms with Crippen molar-refractivity contribution in [3.05, 3.63) is 109 Å². The third-order valence-electron chi connectivity index (χ3n) is 5.13. The lowest BCUT2D eigenvalue weighted by Gasteiger charge is -2.26. The molecule has 35 heavy (non-hydrogen) atoms. The fourth-order valence-corrected chi connectivity index (χ4v) is 7.31. The molecule has 0 radical (unpaired) electrons. The Bertz CT molecular complexity index is 1490. The second-order valence-electron chi connectivity index (χ2n) is 7.61. The van der Waals surface area contributed by atoms with Gasteiger partial charge in [0.05, 0.1) is 21.2 Å². The molecule has 0 saturated carbocycles. The van der Waals surface area contributed by atoms with Gasteiger partial charge in [-0.1, -0.05) is 72.8 Å². The van der Waals surface area contributed by atoms with E-state index in [9.17, 15) is 21.6 Å². The van der Waals surface area contributed by atoms with Crippen LogP contribution in [0.4, 0.5) is 11.4 Å². The number of carbonyl (C=O) groups is 1. The molecule has 4 rings (SSSR count). The highest BCUT2D eigenvalue weighted by Crippen LogP contribution is 2.38. The van der Waals surface area contributed by atoms with E-state index in [-0.39, 0.29) is 21.2 Å². The van der Waals surface area contributed by atoms with Gasteiger partial charge in [-0.2, -0.15) is 3.71 Å². The molecular formula is C26H22N2O5S2. The third-order valence-corrected chi connectivity index (χ3v) is 9.31. The minimum absolute atomic E-state index is 0.0381. The van der Waals surface area contributed by atoms with Gasteiger partial charge in [0, 0.05) is 6.92 Å². The lowest BCUT2D eigenvalue weighted by atomic mass is 10.0. The van der Waals surface area contributed by atoms with Crippen molar-refractivity contribution in [3.8, 4) is 11.1 Å². The number of hydrogen-bond acceptors (Lipinski definition) is 5. The average Bonchev–Trinajstić information content (AvgIpc) is 2.86. The van der Waals surface area contributed by atoms with E-state index in [0.717, 1.165) is 5.56 Å². The monoisotopic (exact) mass is 506 g/mol. The number of sulfonamides is 2. The zero-order chi connectivity index (χ0) is 25.1. The molecule has 1 amide bonds. The molecule has 7 nitrogen and oxygen atoms in total. The van der Waals surface area contributed by atoms with E-state index >= 15 is 0 Å². The summed E-state index contributed by atoms with van der Waals surface area (Å²) < 4.78 is 55.9. The standard InChI is InChI=1S/C26H22N2O5S2/c1-20(29)27-25-18-17-22(21-11-5-2-6-12-21)19-26(25)28(34(30,31)23-13-7-3-8-14-23)35(32,33)24-15-9-4-10-16-24/h2-19H,1H3,(H,27,29). The van der Waals surface area contributed by atoms with Gasteiger partial charge in [-0.25, -0.2) is 16.8 Å². The molecular weight excluding hydrogens is 484 g/mol. The van der Waals surface area contributed by atoms with Gasteiger partial charge in [0.15, 0.2) is 0 Å². The Morgan fingerprint density at radius 1 is 0.629 bits per heavy atom. The molecule has 0 aliphatic rings. The van der Waals surface area contributed by atoms with Gasteiger partial charge >= 0.3 is 0 Å². The summed E-state index contributed by atoms with van der Waals surface area (Å²) in [4.78, 5) is 11.5. The first-order valence-corrected chi connectivity index (χ1v) is 13.5. The molecule has 0 aromatic heterocycles. The number of nitrogens with zero attached hydrogens (tertiary/aromatic N) is 1. The minimum atomic E-state index is -4.62. The summed E-state index contributed by atoms with van der Waals surface area (Å²) >= 11 is 0. The molecule has 0 saturated heterocycles. The molecule has 9 heteroatoms. The van der Waals surface area contributed by atoms with Crippen LogP contribution in [0.25, 0.3) is 11.1 Å². The van der Waals surface area contributed by atoms with Gasteiger partial charge in [0.1, 0.15) is 0 Å². The largest absolute Gasteiger partial charge is 0.324 e. The highest BCUT2D eigenvalue weighted by molar-refractivity contribution is 8.10. The number of rotatable bonds is 7. The van der Waals surface area contributed by atoms with Crippen LogP contribution in [0.2, 0.25) is 0 Å². The van der Waals surface area contributed by atoms with E-state index in [0.29, 0.717) is 9.27 Å². The number of anilines is 2. The molecule has 0 aliphatic carbocycles. The number of benzene rings is 4. The van der Waals surface area contributed by atoms with Gasteiger partial charge in [0.25, 0.3) is 20.0 Å². The van der Waals surface area contributed by atoms with E-state index in [4.69, 9.17) is 0 Å². The Morgan fingerprint density at radius 2 is 1.09 bits per heavy atom. The Morgan fingerprint density at radius 3 is 1.54 bits per heavy atom. The van der Waals surface area contributed by atoms with Crippen molar-refractivity contribution in [2.45, 2.75) is 16.7 Å². The van der Waals surface area contributed by atoms with E-state index in [1.807, 2.05) is 30.3 Å². The summed E-state index contributed by atoms with van der Waals surface area (Å²) in [6, 6.07) is 28.3. The summed E-state index contributed by atoms with van der Waals surface area (Å²) in [6.07, 6.45) is 0. The van der Waals surface area contributed by atoms with Crippen LogP contribution in [0.5, 0.6) is 0 Å². The predicted molar refractivity (Wildman–Crippen MR) is 136 cm³/mol. The summed E-state index contributed by atoms with van der Waals surface area (Å²) in [5, 5.41) is 2.57. The van der Waals surface area contributed by atoms with Crippen LogP contribution in [0, 0.1) is 0 Å². The quantitative estimate of drug-likeness (QED) is 0.384. The maximum absolute atomic E-state index is 13.9. The second-order valence-corrected chi connectivity index (χ2v) is 11.4. The van der Waals surface area contributed by atoms with Crippen molar-refractivity contribution in [2.24, 2.45) is 0 Å². The molecule has 0 heterocycles. The van der Waals surface area contributed by atoms with Crippen molar-refractivity contribution >= 4 is 37.3 Å². The molecule has 178 valence electrons. The van der Waals surface area contributed by atoms with Crippen LogP contribution in [0.15, 0.2) is 119 Å². The molecule has 0 fully saturated rings. The van der Waals surface area contributed by atoms with Gasteiger partial charge in [-0.15, -0.1) is 0 Å². The number of hydrogen-bond donors (Lipinski definition) is 1. The maximum Gasteiger partial charge on any atom is 0.277 e. The molecule has 0 spiro atoms. The second kappa shape index (κ2) is 9.73. The lowest BCUT2D eigenvalue weighted by Crippen LogP contribution is -2.37. The Hall–Kier alpha value is -3.95. The van der Waals surface area contributed by atoms with Crippen LogP contribution in [-0.2, 0) is 24.8 Å². The first-order valence-electron chi connectivity index (χ1n) is 10.6. The summed E-state index contributed by atoms with van der Waals surface area (Å²) in [5.74, 6) is -0.479. The Balaban J connectivity index is 2.05. The number of amides is 1. The SMILES string of the molecule is CC(=O)Nc1ccc(-c2ccccc2)cc1N(S(=O)(=O)c1ccccc1)S(=O)(=O)c1ccccc1. The molecule has 4 aromatic rings. The van der Waals surface area contributed by atoms with E-state index in [1.54, 1.807) is 18.2 Å². The average molecular weight is 507 g/mol. The smallest absolute Gasteiger partial charge is 0.277 e. The highest BCUT2D eigenvalue weighted by Gasteiger charge is 2.38. The molecule has 4 aromatic carbocycles. The van der Waals surface area contributed by atoms with Gasteiger partial charge in [0.2, 0.25) is 5.91 Å². The van der Waals surface area contributed by atoms with E-state index in [2.05, 4.69) is 5.32 Å². The molecule has 0 unspecified atom stereocenters. The van der Waals surface area contributed by atoms with Crippen LogP contribution in [0.3, 0.4) is 0 Å². The van der Waals surface area contributed by atoms with Crippen molar-refractivity contribution in [2.75, 3.05) is 9.03 Å². The van der Waals surface area contributed by atoms with Gasteiger partial charge < -0.3 is 5.32 Å². The zero-order valence-corrected chi connectivity index (χ0v) is 20.3. The van der Waals surface area contributed by atoms with E-state index < -0.39 is 26.0 Å². The summed E-state index contributed by atoms with van der Waals surface area (Å²) in [6.45, 7) is 1.26. The van der Waals surface area contributed by atoms with Crippen LogP contribution >= 0.6 is 0 Å². The number of carbonyl (C=O) groups excluding carboxylic acids is 1. The van der Waals surface area contributed by atoms with E-state index in [1.165, 1.54) is 67.6 Å². The van der Waals surface area contributed by atoms with Gasteiger partial charge in [-0.05, 0) is 47.5 Å². The van der Waals surface area contributed by atoms with Crippen molar-refractivity contribution in [3.63, 3.8) is 0 Å². The molecule has 0 bridgehead atoms. The molecule has 1 N–H and O–H groups in total. The van der Waals surface area contributed by atoms with Crippen LogP contribution in [0.1, 0.15) is 6.92 Å². The fraction of sp³-hybridized carbons (Fsp3) is 0.0385. The fourth-order valence-electron chi connectivity index (χ4n) is 3.55. The lowest BCUT2D eigenvalue weighted by molar-refractivity contribution is -0.114. The zero-order valence-electron chi connectivity index (χ0n) is 18.7. The first-order chi connectivity index (χ1) is 16.7. The van der Waals surface area contributed by atoms with Gasteiger partial charge in [-0.3, -0.25) is 4.79 Å². The Kier molecular flexibility index (Phi) is 6.72. The topological polar surface area (TPSA) is 101 Å². The van der Waals surface area contributed by atoms with Crippen molar-refractivity contribution in [1.29, 1.82) is 0 Å². The minimum Gasteiger partial charge on any atom is -0.324 e. The van der Waals surface area contributed by atoms with Crippen LogP contribution in [-0.4, -0.2) is 22.7 Å². The van der Waals surface area contributed by atoms with Crippen molar-refractivity contribution in [1.82, 2.24) is 0 Å². The highest BCUT2D eigenvalue weighted by atomic mass is 32.3. The van der Waals surface area contributed by atoms with Crippen molar-refractivity contribution < 1.29 is 21.6 Å². The molecule has 0 aliphatic heterocycles. The maximum atomic E-state index is 13.9. The van der Waals surface area contributed by atoms with Crippen LogP contribution < -0.4 is 9.03 Å².